The number of halogens is 1. The van der Waals surface area contributed by atoms with Crippen molar-refractivity contribution in [2.24, 2.45) is 0 Å². The van der Waals surface area contributed by atoms with Gasteiger partial charge in [-0.25, -0.2) is 0 Å². The minimum absolute atomic E-state index is 0.554. The van der Waals surface area contributed by atoms with Crippen LogP contribution in [0.5, 0.6) is 0 Å². The van der Waals surface area contributed by atoms with Gasteiger partial charge in [-0.1, -0.05) is 24.9 Å². The molecule has 0 aliphatic heterocycles. The van der Waals surface area contributed by atoms with Crippen LogP contribution < -0.4 is 0 Å². The Morgan fingerprint density at radius 2 is 2.56 bits per heavy atom. The molecule has 1 N–H and O–H groups in total. The van der Waals surface area contributed by atoms with Crippen LogP contribution in [-0.2, 0) is 6.42 Å². The van der Waals surface area contributed by atoms with Crippen LogP contribution in [0.15, 0.2) is 6.07 Å². The van der Waals surface area contributed by atoms with Crippen molar-refractivity contribution in [2.45, 2.75) is 19.8 Å². The zero-order valence-electron chi connectivity index (χ0n) is 5.32. The SMILES string of the molecule is CCCc1cc(Cl)n[nH]1. The number of aryl methyl sites for hydroxylation is 1. The van der Waals surface area contributed by atoms with Gasteiger partial charge in [-0.2, -0.15) is 5.10 Å². The maximum Gasteiger partial charge on any atom is 0.151 e. The van der Waals surface area contributed by atoms with Crippen LogP contribution in [0.4, 0.5) is 0 Å². The van der Waals surface area contributed by atoms with E-state index in [-0.39, 0.29) is 0 Å². The third-order valence-electron chi connectivity index (χ3n) is 1.12. The molecule has 0 aliphatic rings. The van der Waals surface area contributed by atoms with E-state index in [0.29, 0.717) is 5.15 Å². The van der Waals surface area contributed by atoms with Gasteiger partial charge in [0.25, 0.3) is 0 Å². The summed E-state index contributed by atoms with van der Waals surface area (Å²) in [6.07, 6.45) is 2.15. The van der Waals surface area contributed by atoms with Crippen LogP contribution in [0.2, 0.25) is 5.15 Å². The van der Waals surface area contributed by atoms with E-state index in [1.165, 1.54) is 0 Å². The van der Waals surface area contributed by atoms with Crippen LogP contribution in [0, 0.1) is 0 Å². The van der Waals surface area contributed by atoms with Crippen molar-refractivity contribution in [2.75, 3.05) is 0 Å². The maximum absolute atomic E-state index is 5.55. The monoisotopic (exact) mass is 144 g/mol. The van der Waals surface area contributed by atoms with Crippen LogP contribution in [0.25, 0.3) is 0 Å². The smallest absolute Gasteiger partial charge is 0.151 e. The topological polar surface area (TPSA) is 28.7 Å². The molecule has 0 radical (unpaired) electrons. The molecule has 1 heterocycles. The van der Waals surface area contributed by atoms with E-state index < -0.39 is 0 Å². The van der Waals surface area contributed by atoms with Gasteiger partial charge in [-0.05, 0) is 12.5 Å². The molecule has 0 bridgehead atoms. The Balaban J connectivity index is 2.61. The molecule has 0 spiro atoms. The minimum atomic E-state index is 0.554. The third kappa shape index (κ3) is 1.72. The lowest BCUT2D eigenvalue weighted by Gasteiger charge is -1.86. The fourth-order valence-corrected chi connectivity index (χ4v) is 0.905. The Labute approximate surface area is 59.2 Å². The van der Waals surface area contributed by atoms with Gasteiger partial charge in [0.05, 0.1) is 0 Å². The number of aromatic nitrogens is 2. The number of rotatable bonds is 2. The number of nitrogens with one attached hydrogen (secondary N) is 1. The molecule has 0 atom stereocenters. The van der Waals surface area contributed by atoms with Crippen molar-refractivity contribution < 1.29 is 0 Å². The second-order valence-electron chi connectivity index (χ2n) is 1.97. The number of aromatic amines is 1. The quantitative estimate of drug-likeness (QED) is 0.676. The first-order chi connectivity index (χ1) is 4.33. The van der Waals surface area contributed by atoms with Gasteiger partial charge in [-0.15, -0.1) is 0 Å². The highest BCUT2D eigenvalue weighted by Crippen LogP contribution is 2.06. The summed E-state index contributed by atoms with van der Waals surface area (Å²) in [6.45, 7) is 2.12. The molecule has 0 aromatic carbocycles. The maximum atomic E-state index is 5.55. The third-order valence-corrected chi connectivity index (χ3v) is 1.31. The van der Waals surface area contributed by atoms with Gasteiger partial charge in [0, 0.05) is 5.69 Å². The van der Waals surface area contributed by atoms with E-state index in [1.54, 1.807) is 0 Å². The van der Waals surface area contributed by atoms with Crippen molar-refractivity contribution in [3.8, 4) is 0 Å². The van der Waals surface area contributed by atoms with E-state index in [9.17, 15) is 0 Å². The van der Waals surface area contributed by atoms with Gasteiger partial charge in [0.2, 0.25) is 0 Å². The predicted molar refractivity (Wildman–Crippen MR) is 37.6 cm³/mol. The van der Waals surface area contributed by atoms with Gasteiger partial charge in [0.1, 0.15) is 0 Å². The van der Waals surface area contributed by atoms with Crippen molar-refractivity contribution in [3.63, 3.8) is 0 Å². The highest BCUT2D eigenvalue weighted by Gasteiger charge is 1.94. The first kappa shape index (κ1) is 6.62. The largest absolute Gasteiger partial charge is 0.281 e. The van der Waals surface area contributed by atoms with Crippen molar-refractivity contribution in [3.05, 3.63) is 16.9 Å². The summed E-state index contributed by atoms with van der Waals surface area (Å²) in [5, 5.41) is 7.15. The molecule has 3 heteroatoms. The fourth-order valence-electron chi connectivity index (χ4n) is 0.731. The molecule has 0 unspecified atom stereocenters. The molecular weight excluding hydrogens is 136 g/mol. The lowest BCUT2D eigenvalue weighted by Crippen LogP contribution is -1.80. The Morgan fingerprint density at radius 1 is 1.78 bits per heavy atom. The van der Waals surface area contributed by atoms with Crippen LogP contribution in [-0.4, -0.2) is 10.2 Å². The summed E-state index contributed by atoms with van der Waals surface area (Å²) in [6, 6.07) is 1.85. The van der Waals surface area contributed by atoms with Gasteiger partial charge in [-0.3, -0.25) is 5.10 Å². The standard InChI is InChI=1S/C6H9ClN2/c1-2-3-5-4-6(7)9-8-5/h4H,2-3H2,1H3,(H,8,9). The predicted octanol–water partition coefficient (Wildman–Crippen LogP) is 2.02. The fraction of sp³-hybridized carbons (Fsp3) is 0.500. The van der Waals surface area contributed by atoms with E-state index in [4.69, 9.17) is 11.6 Å². The highest BCUT2D eigenvalue weighted by atomic mass is 35.5. The van der Waals surface area contributed by atoms with Gasteiger partial charge < -0.3 is 0 Å². The van der Waals surface area contributed by atoms with Crippen LogP contribution in [0.1, 0.15) is 19.0 Å². The molecule has 1 aromatic rings. The van der Waals surface area contributed by atoms with Crippen molar-refractivity contribution in [1.29, 1.82) is 0 Å². The average molecular weight is 145 g/mol. The molecule has 2 nitrogen and oxygen atoms in total. The molecule has 0 aliphatic carbocycles. The highest BCUT2D eigenvalue weighted by molar-refractivity contribution is 6.29. The molecule has 1 rings (SSSR count). The van der Waals surface area contributed by atoms with E-state index in [0.717, 1.165) is 18.5 Å². The molecule has 0 saturated carbocycles. The molecular formula is C6H9ClN2. The first-order valence-electron chi connectivity index (χ1n) is 3.02. The van der Waals surface area contributed by atoms with Crippen LogP contribution in [0.3, 0.4) is 0 Å². The normalized spacial score (nSPS) is 10.0. The zero-order valence-corrected chi connectivity index (χ0v) is 6.07. The Kier molecular flexibility index (Phi) is 2.11. The summed E-state index contributed by atoms with van der Waals surface area (Å²) in [7, 11) is 0. The number of H-pyrrole nitrogens is 1. The second kappa shape index (κ2) is 2.87. The molecule has 0 fully saturated rings. The molecule has 50 valence electrons. The average Bonchev–Trinajstić information content (AvgIpc) is 2.17. The number of nitrogens with zero attached hydrogens (tertiary/aromatic N) is 1. The molecule has 0 saturated heterocycles. The van der Waals surface area contributed by atoms with Crippen LogP contribution >= 0.6 is 11.6 Å². The van der Waals surface area contributed by atoms with E-state index in [2.05, 4.69) is 17.1 Å². The van der Waals surface area contributed by atoms with E-state index >= 15 is 0 Å². The van der Waals surface area contributed by atoms with Crippen molar-refractivity contribution >= 4 is 11.6 Å². The Morgan fingerprint density at radius 3 is 3.00 bits per heavy atom. The molecule has 1 aromatic heterocycles. The van der Waals surface area contributed by atoms with Gasteiger partial charge in [0.15, 0.2) is 5.15 Å². The molecule has 9 heavy (non-hydrogen) atoms. The summed E-state index contributed by atoms with van der Waals surface area (Å²) in [5.41, 5.74) is 1.11. The summed E-state index contributed by atoms with van der Waals surface area (Å²) in [4.78, 5) is 0. The zero-order chi connectivity index (χ0) is 6.69. The second-order valence-corrected chi connectivity index (χ2v) is 2.35. The Hall–Kier alpha value is -0.500. The lowest BCUT2D eigenvalue weighted by atomic mass is 10.3. The first-order valence-corrected chi connectivity index (χ1v) is 3.40. The Bertz CT molecular complexity index is 183. The van der Waals surface area contributed by atoms with Gasteiger partial charge >= 0.3 is 0 Å². The lowest BCUT2D eigenvalue weighted by molar-refractivity contribution is 0.867. The minimum Gasteiger partial charge on any atom is -0.281 e. The summed E-state index contributed by atoms with van der Waals surface area (Å²) < 4.78 is 0. The summed E-state index contributed by atoms with van der Waals surface area (Å²) in [5.74, 6) is 0. The number of hydrogen-bond donors (Lipinski definition) is 1. The van der Waals surface area contributed by atoms with Crippen molar-refractivity contribution in [1.82, 2.24) is 10.2 Å². The summed E-state index contributed by atoms with van der Waals surface area (Å²) >= 11 is 5.55. The molecule has 0 amide bonds. The number of hydrogen-bond acceptors (Lipinski definition) is 1. The van der Waals surface area contributed by atoms with E-state index in [1.807, 2.05) is 6.07 Å².